The molecule has 1 N–H and O–H groups in total. The molecule has 2 aromatic heterocycles. The topological polar surface area (TPSA) is 101 Å². The van der Waals surface area contributed by atoms with Crippen molar-refractivity contribution < 1.29 is 17.9 Å². The number of anilines is 1. The lowest BCUT2D eigenvalue weighted by Crippen LogP contribution is -2.26. The number of pyridine rings is 1. The SMILES string of the molecule is COc1ccc(N2CCCC2=O)cc1S(=O)(=O)NCc1csc(-c2cccnc2)n1. The number of aromatic nitrogens is 2. The molecular formula is C20H20N4O4S2. The molecule has 0 spiro atoms. The van der Waals surface area contributed by atoms with Crippen LogP contribution in [-0.2, 0) is 21.4 Å². The number of methoxy groups -OCH3 is 1. The Kier molecular flexibility index (Phi) is 5.80. The first-order valence-corrected chi connectivity index (χ1v) is 11.7. The van der Waals surface area contributed by atoms with Crippen LogP contribution >= 0.6 is 11.3 Å². The fourth-order valence-corrected chi connectivity index (χ4v) is 5.22. The number of rotatable bonds is 7. The molecule has 1 aromatic carbocycles. The van der Waals surface area contributed by atoms with Crippen molar-refractivity contribution in [2.24, 2.45) is 0 Å². The summed E-state index contributed by atoms with van der Waals surface area (Å²) < 4.78 is 33.8. The van der Waals surface area contributed by atoms with Crippen molar-refractivity contribution in [1.29, 1.82) is 0 Å². The number of carbonyl (C=O) groups excluding carboxylic acids is 1. The lowest BCUT2D eigenvalue weighted by atomic mass is 10.3. The maximum atomic E-state index is 13.0. The Morgan fingerprint density at radius 1 is 1.30 bits per heavy atom. The largest absolute Gasteiger partial charge is 0.495 e. The number of sulfonamides is 1. The van der Waals surface area contributed by atoms with Crippen LogP contribution in [0.2, 0.25) is 0 Å². The van der Waals surface area contributed by atoms with Gasteiger partial charge in [-0.2, -0.15) is 0 Å². The minimum Gasteiger partial charge on any atom is -0.495 e. The van der Waals surface area contributed by atoms with E-state index in [2.05, 4.69) is 14.7 Å². The first-order chi connectivity index (χ1) is 14.5. The second-order valence-corrected chi connectivity index (χ2v) is 9.29. The van der Waals surface area contributed by atoms with E-state index >= 15 is 0 Å². The van der Waals surface area contributed by atoms with Crippen LogP contribution < -0.4 is 14.4 Å². The van der Waals surface area contributed by atoms with Crippen LogP contribution in [-0.4, -0.2) is 37.9 Å². The number of hydrogen-bond donors (Lipinski definition) is 1. The van der Waals surface area contributed by atoms with Gasteiger partial charge in [0, 0.05) is 42.0 Å². The lowest BCUT2D eigenvalue weighted by molar-refractivity contribution is -0.117. The third-order valence-corrected chi connectivity index (χ3v) is 7.09. The minimum atomic E-state index is -3.89. The van der Waals surface area contributed by atoms with Crippen LogP contribution in [0.25, 0.3) is 10.6 Å². The van der Waals surface area contributed by atoms with Crippen molar-refractivity contribution in [2.45, 2.75) is 24.3 Å². The number of ether oxygens (including phenoxy) is 1. The zero-order valence-corrected chi connectivity index (χ0v) is 17.9. The van der Waals surface area contributed by atoms with Crippen LogP contribution in [0.1, 0.15) is 18.5 Å². The molecule has 30 heavy (non-hydrogen) atoms. The first-order valence-electron chi connectivity index (χ1n) is 9.31. The van der Waals surface area contributed by atoms with Gasteiger partial charge in [0.2, 0.25) is 15.9 Å². The third kappa shape index (κ3) is 4.20. The van der Waals surface area contributed by atoms with Gasteiger partial charge in [0.15, 0.2) is 0 Å². The summed E-state index contributed by atoms with van der Waals surface area (Å²) in [7, 11) is -2.47. The van der Waals surface area contributed by atoms with E-state index in [1.165, 1.54) is 24.5 Å². The number of carbonyl (C=O) groups is 1. The molecule has 0 unspecified atom stereocenters. The highest BCUT2D eigenvalue weighted by molar-refractivity contribution is 7.89. The molecule has 1 aliphatic heterocycles. The smallest absolute Gasteiger partial charge is 0.244 e. The molecule has 1 fully saturated rings. The fourth-order valence-electron chi connectivity index (χ4n) is 3.22. The Balaban J connectivity index is 1.55. The summed E-state index contributed by atoms with van der Waals surface area (Å²) >= 11 is 1.42. The van der Waals surface area contributed by atoms with Gasteiger partial charge >= 0.3 is 0 Å². The van der Waals surface area contributed by atoms with Crippen molar-refractivity contribution in [3.63, 3.8) is 0 Å². The molecule has 3 heterocycles. The Hall–Kier alpha value is -2.82. The monoisotopic (exact) mass is 444 g/mol. The fraction of sp³-hybridized carbons (Fsp3) is 0.250. The molecular weight excluding hydrogens is 424 g/mol. The Morgan fingerprint density at radius 3 is 2.87 bits per heavy atom. The molecule has 1 saturated heterocycles. The van der Waals surface area contributed by atoms with Gasteiger partial charge < -0.3 is 9.64 Å². The minimum absolute atomic E-state index is 0.00934. The van der Waals surface area contributed by atoms with E-state index in [-0.39, 0.29) is 23.1 Å². The molecule has 8 nitrogen and oxygen atoms in total. The summed E-state index contributed by atoms with van der Waals surface area (Å²) in [5, 5.41) is 2.57. The lowest BCUT2D eigenvalue weighted by Gasteiger charge is -2.18. The van der Waals surface area contributed by atoms with Gasteiger partial charge in [-0.3, -0.25) is 9.78 Å². The van der Waals surface area contributed by atoms with Crippen molar-refractivity contribution in [2.75, 3.05) is 18.6 Å². The Labute approximate surface area is 178 Å². The summed E-state index contributed by atoms with van der Waals surface area (Å²) in [4.78, 5) is 22.2. The highest BCUT2D eigenvalue weighted by Crippen LogP contribution is 2.31. The summed E-state index contributed by atoms with van der Waals surface area (Å²) in [6.45, 7) is 0.614. The van der Waals surface area contributed by atoms with Crippen LogP contribution in [0.15, 0.2) is 53.0 Å². The van der Waals surface area contributed by atoms with Gasteiger partial charge in [-0.1, -0.05) is 0 Å². The summed E-state index contributed by atoms with van der Waals surface area (Å²) in [6, 6.07) is 8.46. The summed E-state index contributed by atoms with van der Waals surface area (Å²) in [5.74, 6) is 0.203. The van der Waals surface area contributed by atoms with Gasteiger partial charge in [-0.05, 0) is 36.8 Å². The zero-order valence-electron chi connectivity index (χ0n) is 16.2. The molecule has 1 aliphatic rings. The van der Waals surface area contributed by atoms with Gasteiger partial charge in [0.25, 0.3) is 0 Å². The molecule has 0 aliphatic carbocycles. The molecule has 0 atom stereocenters. The Bertz CT molecular complexity index is 1160. The molecule has 10 heteroatoms. The van der Waals surface area contributed by atoms with Crippen molar-refractivity contribution in [3.05, 3.63) is 53.8 Å². The second-order valence-electron chi connectivity index (χ2n) is 6.69. The Morgan fingerprint density at radius 2 is 2.17 bits per heavy atom. The molecule has 0 bridgehead atoms. The average molecular weight is 445 g/mol. The number of nitrogens with zero attached hydrogens (tertiary/aromatic N) is 3. The maximum absolute atomic E-state index is 13.0. The number of nitrogens with one attached hydrogen (secondary N) is 1. The molecule has 0 saturated carbocycles. The van der Waals surface area contributed by atoms with E-state index in [4.69, 9.17) is 4.74 Å². The molecule has 1 amide bonds. The normalized spacial score (nSPS) is 14.3. The van der Waals surface area contributed by atoms with E-state index in [9.17, 15) is 13.2 Å². The first kappa shape index (κ1) is 20.5. The van der Waals surface area contributed by atoms with Crippen molar-refractivity contribution in [1.82, 2.24) is 14.7 Å². The number of hydrogen-bond acceptors (Lipinski definition) is 7. The number of thiazole rings is 1. The van der Waals surface area contributed by atoms with Crippen LogP contribution in [0.4, 0.5) is 5.69 Å². The average Bonchev–Trinajstić information content (AvgIpc) is 3.41. The highest BCUT2D eigenvalue weighted by atomic mass is 32.2. The van der Waals surface area contributed by atoms with E-state index in [1.807, 2.05) is 12.1 Å². The summed E-state index contributed by atoms with van der Waals surface area (Å²) in [6.07, 6.45) is 4.62. The number of amides is 1. The quantitative estimate of drug-likeness (QED) is 0.601. The number of benzene rings is 1. The second kappa shape index (κ2) is 8.50. The van der Waals surface area contributed by atoms with Gasteiger partial charge in [0.1, 0.15) is 15.7 Å². The van der Waals surface area contributed by atoms with E-state index in [1.54, 1.807) is 34.8 Å². The van der Waals surface area contributed by atoms with Crippen molar-refractivity contribution in [3.8, 4) is 16.3 Å². The van der Waals surface area contributed by atoms with E-state index < -0.39 is 10.0 Å². The maximum Gasteiger partial charge on any atom is 0.244 e. The molecule has 4 rings (SSSR count). The van der Waals surface area contributed by atoms with Gasteiger partial charge in [0.05, 0.1) is 19.3 Å². The molecule has 0 radical (unpaired) electrons. The van der Waals surface area contributed by atoms with E-state index in [0.717, 1.165) is 17.0 Å². The summed E-state index contributed by atoms with van der Waals surface area (Å²) in [5.41, 5.74) is 2.03. The van der Waals surface area contributed by atoms with Gasteiger partial charge in [-0.15, -0.1) is 11.3 Å². The molecule has 156 valence electrons. The standard InChI is InChI=1S/C20H20N4O4S2/c1-28-17-7-6-16(24-9-3-5-19(24)25)10-18(17)30(26,27)22-12-15-13-29-20(23-15)14-4-2-8-21-11-14/h2,4,6-8,10-11,13,22H,3,5,9,12H2,1H3. The zero-order chi connectivity index (χ0) is 21.1. The van der Waals surface area contributed by atoms with Crippen LogP contribution in [0, 0.1) is 0 Å². The van der Waals surface area contributed by atoms with Crippen LogP contribution in [0.3, 0.4) is 0 Å². The third-order valence-electron chi connectivity index (χ3n) is 4.73. The van der Waals surface area contributed by atoms with Crippen LogP contribution in [0.5, 0.6) is 5.75 Å². The molecule has 3 aromatic rings. The predicted octanol–water partition coefficient (Wildman–Crippen LogP) is 2.82. The predicted molar refractivity (Wildman–Crippen MR) is 114 cm³/mol. The van der Waals surface area contributed by atoms with Gasteiger partial charge in [-0.25, -0.2) is 18.1 Å². The van der Waals surface area contributed by atoms with E-state index in [0.29, 0.717) is 24.3 Å². The highest BCUT2D eigenvalue weighted by Gasteiger charge is 2.26. The van der Waals surface area contributed by atoms with Crippen molar-refractivity contribution >= 4 is 33.0 Å².